The standard InChI is InChI=1S/C22H24F2N4O.HI/c1-15-13-19(24)8-3-16(15)9-11-26-22(25-2)27-12-10-20-14-29-21(28-20)17-4-6-18(23)7-5-17;/h3-8,13-14H,9-12H2,1-2H3,(H2,25,26,27);1H. The van der Waals surface area contributed by atoms with Gasteiger partial charge in [-0.25, -0.2) is 13.8 Å². The highest BCUT2D eigenvalue weighted by Gasteiger charge is 2.07. The van der Waals surface area contributed by atoms with Gasteiger partial charge in [-0.3, -0.25) is 4.99 Å². The van der Waals surface area contributed by atoms with Crippen LogP contribution in [0.4, 0.5) is 8.78 Å². The fourth-order valence-corrected chi connectivity index (χ4v) is 2.93. The first-order valence-corrected chi connectivity index (χ1v) is 9.45. The molecule has 1 aromatic heterocycles. The number of oxazole rings is 1. The molecule has 30 heavy (non-hydrogen) atoms. The quantitative estimate of drug-likeness (QED) is 0.271. The van der Waals surface area contributed by atoms with Gasteiger partial charge in [0.1, 0.15) is 17.9 Å². The summed E-state index contributed by atoms with van der Waals surface area (Å²) < 4.78 is 31.7. The van der Waals surface area contributed by atoms with E-state index < -0.39 is 0 Å². The van der Waals surface area contributed by atoms with E-state index in [9.17, 15) is 8.78 Å². The zero-order valence-corrected chi connectivity index (χ0v) is 19.2. The van der Waals surface area contributed by atoms with E-state index in [1.165, 1.54) is 18.2 Å². The predicted molar refractivity (Wildman–Crippen MR) is 125 cm³/mol. The predicted octanol–water partition coefficient (Wildman–Crippen LogP) is 4.50. The highest BCUT2D eigenvalue weighted by molar-refractivity contribution is 14.0. The Hall–Kier alpha value is -2.49. The summed E-state index contributed by atoms with van der Waals surface area (Å²) in [5.74, 6) is 0.648. The second-order valence-electron chi connectivity index (χ2n) is 6.65. The number of aromatic nitrogens is 1. The maximum atomic E-state index is 13.2. The monoisotopic (exact) mass is 526 g/mol. The van der Waals surface area contributed by atoms with Gasteiger partial charge in [-0.1, -0.05) is 6.07 Å². The number of rotatable bonds is 7. The lowest BCUT2D eigenvalue weighted by Crippen LogP contribution is -2.39. The lowest BCUT2D eigenvalue weighted by atomic mass is 10.1. The number of nitrogens with zero attached hydrogens (tertiary/aromatic N) is 2. The Kier molecular flexibility index (Phi) is 9.22. The van der Waals surface area contributed by atoms with E-state index in [0.717, 1.165) is 28.8 Å². The summed E-state index contributed by atoms with van der Waals surface area (Å²) in [6, 6.07) is 10.9. The molecule has 8 heteroatoms. The van der Waals surface area contributed by atoms with Crippen molar-refractivity contribution in [3.63, 3.8) is 0 Å². The first-order valence-electron chi connectivity index (χ1n) is 9.45. The SMILES string of the molecule is CN=C(NCCc1coc(-c2ccc(F)cc2)n1)NCCc1ccc(F)cc1C.I. The molecule has 0 saturated heterocycles. The highest BCUT2D eigenvalue weighted by Crippen LogP contribution is 2.19. The van der Waals surface area contributed by atoms with Gasteiger partial charge in [0.15, 0.2) is 5.96 Å². The number of halogens is 3. The van der Waals surface area contributed by atoms with Crippen LogP contribution in [0.2, 0.25) is 0 Å². The van der Waals surface area contributed by atoms with E-state index in [4.69, 9.17) is 4.42 Å². The van der Waals surface area contributed by atoms with Crippen molar-refractivity contribution < 1.29 is 13.2 Å². The van der Waals surface area contributed by atoms with Crippen LogP contribution in [-0.2, 0) is 12.8 Å². The van der Waals surface area contributed by atoms with E-state index in [1.54, 1.807) is 31.5 Å². The van der Waals surface area contributed by atoms with Crippen molar-refractivity contribution in [1.82, 2.24) is 15.6 Å². The van der Waals surface area contributed by atoms with Gasteiger partial charge in [0.25, 0.3) is 0 Å². The fourth-order valence-electron chi connectivity index (χ4n) is 2.93. The summed E-state index contributed by atoms with van der Waals surface area (Å²) >= 11 is 0. The fraction of sp³-hybridized carbons (Fsp3) is 0.273. The Labute approximate surface area is 192 Å². The first kappa shape index (κ1) is 23.8. The second kappa shape index (κ2) is 11.6. The number of hydrogen-bond acceptors (Lipinski definition) is 3. The van der Waals surface area contributed by atoms with Gasteiger partial charge in [-0.05, 0) is 60.9 Å². The van der Waals surface area contributed by atoms with E-state index in [0.29, 0.717) is 31.4 Å². The van der Waals surface area contributed by atoms with Crippen LogP contribution in [0.3, 0.4) is 0 Å². The van der Waals surface area contributed by atoms with Crippen molar-refractivity contribution in [3.05, 3.63) is 77.2 Å². The zero-order valence-electron chi connectivity index (χ0n) is 16.9. The van der Waals surface area contributed by atoms with Gasteiger partial charge >= 0.3 is 0 Å². The summed E-state index contributed by atoms with van der Waals surface area (Å²) in [6.45, 7) is 3.22. The molecule has 1 heterocycles. The summed E-state index contributed by atoms with van der Waals surface area (Å²) in [6.07, 6.45) is 3.04. The Bertz CT molecular complexity index is 974. The van der Waals surface area contributed by atoms with Gasteiger partial charge < -0.3 is 15.1 Å². The number of aliphatic imine (C=N–C) groups is 1. The smallest absolute Gasteiger partial charge is 0.226 e. The van der Waals surface area contributed by atoms with E-state index in [-0.39, 0.29) is 35.6 Å². The lowest BCUT2D eigenvalue weighted by molar-refractivity contribution is 0.571. The largest absolute Gasteiger partial charge is 0.444 e. The highest BCUT2D eigenvalue weighted by atomic mass is 127. The maximum absolute atomic E-state index is 13.2. The molecule has 2 aromatic carbocycles. The van der Waals surface area contributed by atoms with Crippen LogP contribution in [0.1, 0.15) is 16.8 Å². The van der Waals surface area contributed by atoms with Crippen molar-refractivity contribution in [2.75, 3.05) is 20.1 Å². The molecule has 0 fully saturated rings. The van der Waals surface area contributed by atoms with Crippen molar-refractivity contribution >= 4 is 29.9 Å². The third-order valence-electron chi connectivity index (χ3n) is 4.53. The third-order valence-corrected chi connectivity index (χ3v) is 4.53. The van der Waals surface area contributed by atoms with Gasteiger partial charge in [-0.15, -0.1) is 24.0 Å². The Morgan fingerprint density at radius 1 is 1.00 bits per heavy atom. The van der Waals surface area contributed by atoms with Crippen molar-refractivity contribution in [2.24, 2.45) is 4.99 Å². The van der Waals surface area contributed by atoms with Crippen molar-refractivity contribution in [3.8, 4) is 11.5 Å². The number of benzene rings is 2. The molecule has 3 aromatic rings. The zero-order chi connectivity index (χ0) is 20.6. The van der Waals surface area contributed by atoms with E-state index in [1.807, 2.05) is 13.0 Å². The number of aryl methyl sites for hydroxylation is 1. The number of hydrogen-bond donors (Lipinski definition) is 2. The molecule has 0 saturated carbocycles. The third kappa shape index (κ3) is 6.79. The van der Waals surface area contributed by atoms with Crippen LogP contribution >= 0.6 is 24.0 Å². The minimum Gasteiger partial charge on any atom is -0.444 e. The molecule has 5 nitrogen and oxygen atoms in total. The summed E-state index contributed by atoms with van der Waals surface area (Å²) in [5.41, 5.74) is 3.58. The summed E-state index contributed by atoms with van der Waals surface area (Å²) in [7, 11) is 1.71. The molecule has 0 aliphatic carbocycles. The van der Waals surface area contributed by atoms with Crippen LogP contribution in [-0.4, -0.2) is 31.1 Å². The minimum atomic E-state index is -0.293. The molecule has 0 unspecified atom stereocenters. The van der Waals surface area contributed by atoms with E-state index in [2.05, 4.69) is 20.6 Å². The summed E-state index contributed by atoms with van der Waals surface area (Å²) in [5, 5.41) is 6.48. The van der Waals surface area contributed by atoms with Gasteiger partial charge in [-0.2, -0.15) is 0 Å². The lowest BCUT2D eigenvalue weighted by Gasteiger charge is -2.12. The Morgan fingerprint density at radius 3 is 2.33 bits per heavy atom. The van der Waals surface area contributed by atoms with Crippen LogP contribution in [0.5, 0.6) is 0 Å². The molecule has 0 amide bonds. The van der Waals surface area contributed by atoms with Crippen molar-refractivity contribution in [1.29, 1.82) is 0 Å². The van der Waals surface area contributed by atoms with Gasteiger partial charge in [0.2, 0.25) is 5.89 Å². The average Bonchev–Trinajstić information content (AvgIpc) is 3.18. The van der Waals surface area contributed by atoms with E-state index >= 15 is 0 Å². The molecule has 3 rings (SSSR count). The molecule has 2 N–H and O–H groups in total. The molecule has 0 spiro atoms. The molecule has 0 radical (unpaired) electrons. The van der Waals surface area contributed by atoms with Crippen LogP contribution in [0.15, 0.2) is 58.1 Å². The average molecular weight is 526 g/mol. The minimum absolute atomic E-state index is 0. The van der Waals surface area contributed by atoms with Crippen LogP contribution < -0.4 is 10.6 Å². The van der Waals surface area contributed by atoms with Crippen LogP contribution in [0.25, 0.3) is 11.5 Å². The molecule has 0 atom stereocenters. The topological polar surface area (TPSA) is 62.5 Å². The molecular weight excluding hydrogens is 501 g/mol. The maximum Gasteiger partial charge on any atom is 0.226 e. The molecular formula is C22H25F2IN4O. The van der Waals surface area contributed by atoms with Gasteiger partial charge in [0.05, 0.1) is 5.69 Å². The number of guanidine groups is 1. The first-order chi connectivity index (χ1) is 14.0. The van der Waals surface area contributed by atoms with Gasteiger partial charge in [0, 0.05) is 32.1 Å². The van der Waals surface area contributed by atoms with Crippen LogP contribution in [0, 0.1) is 18.6 Å². The van der Waals surface area contributed by atoms with Crippen molar-refractivity contribution in [2.45, 2.75) is 19.8 Å². The molecule has 0 aliphatic rings. The Balaban J connectivity index is 0.00000320. The Morgan fingerprint density at radius 2 is 1.67 bits per heavy atom. The molecule has 160 valence electrons. The number of nitrogens with one attached hydrogen (secondary N) is 2. The molecule has 0 bridgehead atoms. The normalized spacial score (nSPS) is 11.1. The molecule has 0 aliphatic heterocycles. The second-order valence-corrected chi connectivity index (χ2v) is 6.65. The summed E-state index contributed by atoms with van der Waals surface area (Å²) in [4.78, 5) is 8.63.